The second kappa shape index (κ2) is 4.89. The van der Waals surface area contributed by atoms with Crippen molar-refractivity contribution in [3.63, 3.8) is 0 Å². The van der Waals surface area contributed by atoms with Gasteiger partial charge in [-0.3, -0.25) is 0 Å². The van der Waals surface area contributed by atoms with E-state index in [1.54, 1.807) is 0 Å². The largest absolute Gasteiger partial charge is 0.311 e. The van der Waals surface area contributed by atoms with Gasteiger partial charge in [-0.15, -0.1) is 0 Å². The average molecular weight is 282 g/mol. The first-order valence-electron chi connectivity index (χ1n) is 6.12. The van der Waals surface area contributed by atoms with Crippen molar-refractivity contribution in [2.45, 2.75) is 38.6 Å². The standard InChI is InChI=1S/C14H20BrN/c1-11(2)14(8-5-9-16-14)10-12-6-3-4-7-13(12)15/h3-4,6-7,11,16H,5,8-10H2,1-2H3. The summed E-state index contributed by atoms with van der Waals surface area (Å²) in [5.74, 6) is 0.683. The summed E-state index contributed by atoms with van der Waals surface area (Å²) in [5, 5.41) is 3.72. The molecule has 0 saturated carbocycles. The molecule has 0 radical (unpaired) electrons. The van der Waals surface area contributed by atoms with Crippen LogP contribution in [0.1, 0.15) is 32.3 Å². The minimum atomic E-state index is 0.309. The molecule has 1 aliphatic rings. The van der Waals surface area contributed by atoms with Crippen LogP contribution in [0.15, 0.2) is 28.7 Å². The van der Waals surface area contributed by atoms with Gasteiger partial charge in [-0.1, -0.05) is 48.0 Å². The molecule has 88 valence electrons. The van der Waals surface area contributed by atoms with E-state index in [0.29, 0.717) is 11.5 Å². The highest BCUT2D eigenvalue weighted by atomic mass is 79.9. The summed E-state index contributed by atoms with van der Waals surface area (Å²) in [6, 6.07) is 8.58. The maximum atomic E-state index is 3.72. The summed E-state index contributed by atoms with van der Waals surface area (Å²) in [5.41, 5.74) is 1.73. The summed E-state index contributed by atoms with van der Waals surface area (Å²) >= 11 is 3.65. The Morgan fingerprint density at radius 2 is 2.12 bits per heavy atom. The molecule has 1 N–H and O–H groups in total. The smallest absolute Gasteiger partial charge is 0.0245 e. The molecule has 1 aromatic rings. The highest BCUT2D eigenvalue weighted by molar-refractivity contribution is 9.10. The predicted octanol–water partition coefficient (Wildman–Crippen LogP) is 3.77. The second-order valence-electron chi connectivity index (χ2n) is 5.11. The van der Waals surface area contributed by atoms with Crippen LogP contribution in [0, 0.1) is 5.92 Å². The van der Waals surface area contributed by atoms with Gasteiger partial charge >= 0.3 is 0 Å². The quantitative estimate of drug-likeness (QED) is 0.890. The topological polar surface area (TPSA) is 12.0 Å². The Balaban J connectivity index is 2.21. The average Bonchev–Trinajstić information content (AvgIpc) is 2.71. The Morgan fingerprint density at radius 3 is 2.69 bits per heavy atom. The molecule has 2 heteroatoms. The van der Waals surface area contributed by atoms with E-state index in [4.69, 9.17) is 0 Å². The Labute approximate surface area is 107 Å². The summed E-state index contributed by atoms with van der Waals surface area (Å²) < 4.78 is 1.24. The van der Waals surface area contributed by atoms with Crippen molar-refractivity contribution in [3.8, 4) is 0 Å². The molecule has 1 unspecified atom stereocenters. The van der Waals surface area contributed by atoms with E-state index in [2.05, 4.69) is 59.4 Å². The van der Waals surface area contributed by atoms with Crippen LogP contribution in [0.5, 0.6) is 0 Å². The Kier molecular flexibility index (Phi) is 3.70. The maximum absolute atomic E-state index is 3.72. The molecule has 0 bridgehead atoms. The van der Waals surface area contributed by atoms with Crippen molar-refractivity contribution in [1.82, 2.24) is 5.32 Å². The van der Waals surface area contributed by atoms with E-state index in [1.807, 2.05) is 0 Å². The number of hydrogen-bond acceptors (Lipinski definition) is 1. The lowest BCUT2D eigenvalue weighted by atomic mass is 9.80. The van der Waals surface area contributed by atoms with Gasteiger partial charge in [0.1, 0.15) is 0 Å². The zero-order valence-electron chi connectivity index (χ0n) is 10.1. The van der Waals surface area contributed by atoms with E-state index < -0.39 is 0 Å². The van der Waals surface area contributed by atoms with Crippen LogP contribution in [-0.4, -0.2) is 12.1 Å². The molecule has 0 aromatic heterocycles. The number of nitrogens with one attached hydrogen (secondary N) is 1. The van der Waals surface area contributed by atoms with Crippen LogP contribution in [0.3, 0.4) is 0 Å². The van der Waals surface area contributed by atoms with Crippen LogP contribution in [0.4, 0.5) is 0 Å². The van der Waals surface area contributed by atoms with E-state index in [0.717, 1.165) is 6.42 Å². The third-order valence-electron chi connectivity index (χ3n) is 3.85. The molecule has 0 aliphatic carbocycles. The van der Waals surface area contributed by atoms with Gasteiger partial charge < -0.3 is 5.32 Å². The molecule has 1 saturated heterocycles. The summed E-state index contributed by atoms with van der Waals surface area (Å²) in [6.07, 6.45) is 3.74. The molecule has 1 nitrogen and oxygen atoms in total. The Hall–Kier alpha value is -0.340. The number of halogens is 1. The molecule has 1 heterocycles. The van der Waals surface area contributed by atoms with Crippen LogP contribution in [0.2, 0.25) is 0 Å². The zero-order valence-corrected chi connectivity index (χ0v) is 11.7. The minimum absolute atomic E-state index is 0.309. The van der Waals surface area contributed by atoms with Gasteiger partial charge in [-0.2, -0.15) is 0 Å². The minimum Gasteiger partial charge on any atom is -0.311 e. The summed E-state index contributed by atoms with van der Waals surface area (Å²) in [7, 11) is 0. The number of hydrogen-bond donors (Lipinski definition) is 1. The van der Waals surface area contributed by atoms with Crippen molar-refractivity contribution in [3.05, 3.63) is 34.3 Å². The fourth-order valence-corrected chi connectivity index (χ4v) is 3.08. The lowest BCUT2D eigenvalue weighted by Crippen LogP contribution is -2.46. The lowest BCUT2D eigenvalue weighted by Gasteiger charge is -2.34. The van der Waals surface area contributed by atoms with Gasteiger partial charge in [0, 0.05) is 10.0 Å². The molecule has 2 rings (SSSR count). The summed E-state index contributed by atoms with van der Waals surface area (Å²) in [6.45, 7) is 5.83. The van der Waals surface area contributed by atoms with E-state index in [-0.39, 0.29) is 0 Å². The van der Waals surface area contributed by atoms with E-state index in [1.165, 1.54) is 29.4 Å². The maximum Gasteiger partial charge on any atom is 0.0245 e. The monoisotopic (exact) mass is 281 g/mol. The second-order valence-corrected chi connectivity index (χ2v) is 5.96. The Morgan fingerprint density at radius 1 is 1.38 bits per heavy atom. The van der Waals surface area contributed by atoms with Crippen molar-refractivity contribution in [1.29, 1.82) is 0 Å². The molecule has 1 aliphatic heterocycles. The first-order chi connectivity index (χ1) is 7.64. The highest BCUT2D eigenvalue weighted by Gasteiger charge is 2.36. The van der Waals surface area contributed by atoms with Gasteiger partial charge in [-0.25, -0.2) is 0 Å². The molecule has 1 fully saturated rings. The molecule has 0 spiro atoms. The van der Waals surface area contributed by atoms with Crippen LogP contribution >= 0.6 is 15.9 Å². The predicted molar refractivity (Wildman–Crippen MR) is 72.7 cm³/mol. The zero-order chi connectivity index (χ0) is 11.6. The fourth-order valence-electron chi connectivity index (χ4n) is 2.66. The third kappa shape index (κ3) is 2.33. The SMILES string of the molecule is CC(C)C1(Cc2ccccc2Br)CCCN1. The summed E-state index contributed by atoms with van der Waals surface area (Å²) in [4.78, 5) is 0. The van der Waals surface area contributed by atoms with Crippen LogP contribution < -0.4 is 5.32 Å². The first-order valence-corrected chi connectivity index (χ1v) is 6.92. The van der Waals surface area contributed by atoms with E-state index in [9.17, 15) is 0 Å². The third-order valence-corrected chi connectivity index (χ3v) is 4.62. The van der Waals surface area contributed by atoms with Gasteiger partial charge in [-0.05, 0) is 43.4 Å². The highest BCUT2D eigenvalue weighted by Crippen LogP contribution is 2.33. The molecule has 1 atom stereocenters. The molecular formula is C14H20BrN. The van der Waals surface area contributed by atoms with Gasteiger partial charge in [0.15, 0.2) is 0 Å². The fraction of sp³-hybridized carbons (Fsp3) is 0.571. The molecular weight excluding hydrogens is 262 g/mol. The molecule has 1 aromatic carbocycles. The molecule has 0 amide bonds. The molecule has 16 heavy (non-hydrogen) atoms. The van der Waals surface area contributed by atoms with Crippen molar-refractivity contribution in [2.75, 3.05) is 6.54 Å². The van der Waals surface area contributed by atoms with E-state index >= 15 is 0 Å². The van der Waals surface area contributed by atoms with Crippen molar-refractivity contribution in [2.24, 2.45) is 5.92 Å². The first kappa shape index (κ1) is 12.1. The van der Waals surface area contributed by atoms with Crippen LogP contribution in [0.25, 0.3) is 0 Å². The van der Waals surface area contributed by atoms with Crippen LogP contribution in [-0.2, 0) is 6.42 Å². The number of rotatable bonds is 3. The number of benzene rings is 1. The van der Waals surface area contributed by atoms with Gasteiger partial charge in [0.25, 0.3) is 0 Å². The normalized spacial score (nSPS) is 25.2. The van der Waals surface area contributed by atoms with Gasteiger partial charge in [0.2, 0.25) is 0 Å². The van der Waals surface area contributed by atoms with Gasteiger partial charge in [0.05, 0.1) is 0 Å². The van der Waals surface area contributed by atoms with Crippen molar-refractivity contribution >= 4 is 15.9 Å². The Bertz CT molecular complexity index is 354. The lowest BCUT2D eigenvalue weighted by molar-refractivity contribution is 0.269. The van der Waals surface area contributed by atoms with Crippen molar-refractivity contribution < 1.29 is 0 Å².